The third kappa shape index (κ3) is 3.90. The number of aliphatic hydroxyl groups is 1. The van der Waals surface area contributed by atoms with Crippen LogP contribution in [0, 0.1) is 0 Å². The number of aliphatic hydroxyl groups excluding tert-OH is 1. The largest absolute Gasteiger partial charge is 0.507 e. The summed E-state index contributed by atoms with van der Waals surface area (Å²) in [5.74, 6) is -1.47. The first-order chi connectivity index (χ1) is 16.1. The van der Waals surface area contributed by atoms with Crippen molar-refractivity contribution in [1.29, 1.82) is 0 Å². The number of anilines is 1. The Morgan fingerprint density at radius 3 is 2.32 bits per heavy atom. The third-order valence-electron chi connectivity index (χ3n) is 5.89. The van der Waals surface area contributed by atoms with Gasteiger partial charge in [0.2, 0.25) is 0 Å². The number of hydrogen-bond acceptors (Lipinski definition) is 6. The number of carbonyl (C=O) groups is 2. The highest BCUT2D eigenvalue weighted by Gasteiger charge is 2.47. The van der Waals surface area contributed by atoms with Crippen molar-refractivity contribution in [2.45, 2.75) is 32.2 Å². The van der Waals surface area contributed by atoms with Gasteiger partial charge in [0.05, 0.1) is 24.4 Å². The van der Waals surface area contributed by atoms with Crippen LogP contribution in [0.3, 0.4) is 0 Å². The van der Waals surface area contributed by atoms with Gasteiger partial charge in [0.15, 0.2) is 0 Å². The van der Waals surface area contributed by atoms with E-state index >= 15 is 0 Å². The van der Waals surface area contributed by atoms with Crippen molar-refractivity contribution in [2.24, 2.45) is 0 Å². The van der Waals surface area contributed by atoms with E-state index in [-0.39, 0.29) is 28.2 Å². The molecule has 0 spiro atoms. The van der Waals surface area contributed by atoms with Gasteiger partial charge in [0, 0.05) is 23.5 Å². The fourth-order valence-electron chi connectivity index (χ4n) is 4.21. The Hall–Kier alpha value is -4.13. The van der Waals surface area contributed by atoms with E-state index in [2.05, 4.69) is 4.98 Å². The Balaban J connectivity index is 1.97. The first kappa shape index (κ1) is 23.0. The highest BCUT2D eigenvalue weighted by atomic mass is 16.5. The second kappa shape index (κ2) is 8.67. The molecule has 1 fully saturated rings. The molecule has 0 bridgehead atoms. The van der Waals surface area contributed by atoms with Crippen molar-refractivity contribution in [3.63, 3.8) is 0 Å². The fraction of sp³-hybridized carbons (Fsp3) is 0.222. The molecule has 174 valence electrons. The van der Waals surface area contributed by atoms with E-state index in [9.17, 15) is 19.8 Å². The van der Waals surface area contributed by atoms with Crippen molar-refractivity contribution in [1.82, 2.24) is 4.98 Å². The number of aromatic hydroxyl groups is 1. The summed E-state index contributed by atoms with van der Waals surface area (Å²) < 4.78 is 5.49. The van der Waals surface area contributed by atoms with Crippen LogP contribution in [0.1, 0.15) is 43.5 Å². The molecule has 4 rings (SSSR count). The van der Waals surface area contributed by atoms with Gasteiger partial charge in [-0.3, -0.25) is 19.5 Å². The number of aromatic nitrogens is 1. The molecule has 2 N–H and O–H groups in total. The minimum absolute atomic E-state index is 0.0653. The maximum absolute atomic E-state index is 13.3. The monoisotopic (exact) mass is 458 g/mol. The van der Waals surface area contributed by atoms with Gasteiger partial charge < -0.3 is 14.9 Å². The standard InChI is InChI=1S/C27H26N2O5/c1-27(2,3)18-15-17(9-10-21(18)34-4)24(31)22-23(16-11-13-28-14-12-16)29(26(33)25(22)32)19-7-5-6-8-20(19)30/h5-15,23,30-31H,1-4H3/b24-22-. The molecule has 2 heterocycles. The van der Waals surface area contributed by atoms with Gasteiger partial charge in [0.1, 0.15) is 17.3 Å². The molecular weight excluding hydrogens is 432 g/mol. The normalized spacial score (nSPS) is 17.8. The summed E-state index contributed by atoms with van der Waals surface area (Å²) in [5.41, 5.74) is 1.62. The molecule has 1 aliphatic rings. The number of carbonyl (C=O) groups excluding carboxylic acids is 2. The van der Waals surface area contributed by atoms with E-state index < -0.39 is 17.7 Å². The molecule has 1 unspecified atom stereocenters. The molecule has 0 radical (unpaired) electrons. The first-order valence-electron chi connectivity index (χ1n) is 10.8. The van der Waals surface area contributed by atoms with Gasteiger partial charge in [-0.25, -0.2) is 0 Å². The van der Waals surface area contributed by atoms with Crippen molar-refractivity contribution >= 4 is 23.1 Å². The summed E-state index contributed by atoms with van der Waals surface area (Å²) in [4.78, 5) is 31.7. The van der Waals surface area contributed by atoms with Gasteiger partial charge in [-0.1, -0.05) is 32.9 Å². The SMILES string of the molecule is COc1ccc(/C(O)=C2/C(=O)C(=O)N(c3ccccc3O)C2c2ccncc2)cc1C(C)(C)C. The smallest absolute Gasteiger partial charge is 0.300 e. The number of benzene rings is 2. The van der Waals surface area contributed by atoms with E-state index in [4.69, 9.17) is 4.74 Å². The van der Waals surface area contributed by atoms with E-state index in [0.717, 1.165) is 5.56 Å². The second-order valence-electron chi connectivity index (χ2n) is 9.10. The highest BCUT2D eigenvalue weighted by molar-refractivity contribution is 6.51. The van der Waals surface area contributed by atoms with Crippen LogP contribution in [0.4, 0.5) is 5.69 Å². The highest BCUT2D eigenvalue weighted by Crippen LogP contribution is 2.45. The number of methoxy groups -OCH3 is 1. The van der Waals surface area contributed by atoms with E-state index in [1.165, 1.54) is 11.0 Å². The van der Waals surface area contributed by atoms with Crippen LogP contribution in [0.2, 0.25) is 0 Å². The number of Topliss-reactive ketones (excluding diaryl/α,β-unsaturated/α-hetero) is 1. The van der Waals surface area contributed by atoms with Crippen molar-refractivity contribution < 1.29 is 24.5 Å². The molecule has 7 heteroatoms. The van der Waals surface area contributed by atoms with Gasteiger partial charge in [0.25, 0.3) is 11.7 Å². The second-order valence-corrected chi connectivity index (χ2v) is 9.10. The van der Waals surface area contributed by atoms with Gasteiger partial charge in [-0.05, 0) is 53.4 Å². The Morgan fingerprint density at radius 2 is 1.71 bits per heavy atom. The molecule has 1 atom stereocenters. The van der Waals surface area contributed by atoms with Crippen LogP contribution in [0.5, 0.6) is 11.5 Å². The molecule has 34 heavy (non-hydrogen) atoms. The Morgan fingerprint density at radius 1 is 1.03 bits per heavy atom. The number of para-hydroxylation sites is 2. The quantitative estimate of drug-likeness (QED) is 0.333. The number of hydrogen-bond donors (Lipinski definition) is 2. The molecule has 0 aliphatic carbocycles. The van der Waals surface area contributed by atoms with Crippen LogP contribution in [-0.4, -0.2) is 34.0 Å². The zero-order valence-electron chi connectivity index (χ0n) is 19.4. The molecule has 1 aliphatic heterocycles. The van der Waals surface area contributed by atoms with Crippen LogP contribution in [0.15, 0.2) is 72.6 Å². The van der Waals surface area contributed by atoms with Crippen LogP contribution < -0.4 is 9.64 Å². The molecule has 2 aromatic carbocycles. The summed E-state index contributed by atoms with van der Waals surface area (Å²) in [6, 6.07) is 13.8. The van der Waals surface area contributed by atoms with Crippen LogP contribution in [0.25, 0.3) is 5.76 Å². The molecule has 1 aromatic heterocycles. The van der Waals surface area contributed by atoms with Crippen molar-refractivity contribution in [3.8, 4) is 11.5 Å². The number of ether oxygens (including phenoxy) is 1. The van der Waals surface area contributed by atoms with E-state index in [0.29, 0.717) is 16.9 Å². The average Bonchev–Trinajstić information content (AvgIpc) is 3.09. The maximum Gasteiger partial charge on any atom is 0.300 e. The molecule has 7 nitrogen and oxygen atoms in total. The predicted molar refractivity (Wildman–Crippen MR) is 129 cm³/mol. The summed E-state index contributed by atoms with van der Waals surface area (Å²) in [7, 11) is 1.57. The average molecular weight is 459 g/mol. The summed E-state index contributed by atoms with van der Waals surface area (Å²) in [6.45, 7) is 6.05. The minimum atomic E-state index is -0.948. The fourth-order valence-corrected chi connectivity index (χ4v) is 4.21. The van der Waals surface area contributed by atoms with Crippen LogP contribution >= 0.6 is 0 Å². The number of phenols is 1. The maximum atomic E-state index is 13.3. The zero-order chi connectivity index (χ0) is 24.6. The van der Waals surface area contributed by atoms with E-state index in [1.807, 2.05) is 20.8 Å². The topological polar surface area (TPSA) is 100.0 Å². The van der Waals surface area contributed by atoms with Gasteiger partial charge in [-0.2, -0.15) is 0 Å². The van der Waals surface area contributed by atoms with Gasteiger partial charge >= 0.3 is 0 Å². The van der Waals surface area contributed by atoms with E-state index in [1.54, 1.807) is 68.0 Å². The van der Waals surface area contributed by atoms with Crippen LogP contribution in [-0.2, 0) is 15.0 Å². The summed E-state index contributed by atoms with van der Waals surface area (Å²) >= 11 is 0. The Labute approximate surface area is 198 Å². The number of rotatable bonds is 4. The number of pyridine rings is 1. The molecule has 0 saturated carbocycles. The summed E-state index contributed by atoms with van der Waals surface area (Å²) in [5, 5.41) is 21.8. The van der Waals surface area contributed by atoms with Gasteiger partial charge in [-0.15, -0.1) is 0 Å². The lowest BCUT2D eigenvalue weighted by Gasteiger charge is -2.26. The number of nitrogens with zero attached hydrogens (tertiary/aromatic N) is 2. The number of ketones is 1. The lowest BCUT2D eigenvalue weighted by molar-refractivity contribution is -0.132. The lowest BCUT2D eigenvalue weighted by atomic mass is 9.84. The third-order valence-corrected chi connectivity index (χ3v) is 5.89. The lowest BCUT2D eigenvalue weighted by Crippen LogP contribution is -2.29. The zero-order valence-corrected chi connectivity index (χ0v) is 19.4. The molecule has 1 amide bonds. The summed E-state index contributed by atoms with van der Waals surface area (Å²) in [6.07, 6.45) is 3.09. The minimum Gasteiger partial charge on any atom is -0.507 e. The van der Waals surface area contributed by atoms with Crippen molar-refractivity contribution in [3.05, 3.63) is 89.3 Å². The van der Waals surface area contributed by atoms with Crippen molar-refractivity contribution in [2.75, 3.05) is 12.0 Å². The Bertz CT molecular complexity index is 1290. The number of phenolic OH excluding ortho intramolecular Hbond substituents is 1. The molecule has 3 aromatic rings. The number of amides is 1. The molecular formula is C27H26N2O5. The molecule has 1 saturated heterocycles. The first-order valence-corrected chi connectivity index (χ1v) is 10.8. The predicted octanol–water partition coefficient (Wildman–Crippen LogP) is 4.72. The Kier molecular flexibility index (Phi) is 5.87.